The summed E-state index contributed by atoms with van der Waals surface area (Å²) in [5.41, 5.74) is 6.96. The molecule has 0 saturated heterocycles. The van der Waals surface area contributed by atoms with Crippen molar-refractivity contribution in [3.63, 3.8) is 0 Å². The smallest absolute Gasteiger partial charge is 0.101 e. The summed E-state index contributed by atoms with van der Waals surface area (Å²) in [6, 6.07) is 18.0. The van der Waals surface area contributed by atoms with E-state index in [-0.39, 0.29) is 0 Å². The second kappa shape index (κ2) is 10.4. The van der Waals surface area contributed by atoms with Crippen molar-refractivity contribution in [3.05, 3.63) is 58.7 Å². The van der Waals surface area contributed by atoms with E-state index in [2.05, 4.69) is 56.3 Å². The van der Waals surface area contributed by atoms with Crippen LogP contribution in [0.5, 0.6) is 0 Å². The van der Waals surface area contributed by atoms with Gasteiger partial charge in [-0.25, -0.2) is 0 Å². The van der Waals surface area contributed by atoms with Crippen LogP contribution in [0.2, 0.25) is 0 Å². The standard InChI is InChI=1S/C34H42N2/c1-3-5-25-6-8-26(9-7-25)30-15-12-28(23-35)31(24-36)32(30)27-10-13-29(14-11-27)34-20-17-33(16-4-2,18-21-34)19-22-34/h10-15,25-26H,3-9,16-22H2,1-2H3. The molecule has 2 bridgehead atoms. The number of benzene rings is 2. The molecule has 0 radical (unpaired) electrons. The van der Waals surface area contributed by atoms with Crippen molar-refractivity contribution >= 4 is 0 Å². The third-order valence-corrected chi connectivity index (χ3v) is 10.4. The average Bonchev–Trinajstić information content (AvgIpc) is 2.94. The molecule has 2 aromatic carbocycles. The number of hydrogen-bond acceptors (Lipinski definition) is 2. The van der Waals surface area contributed by atoms with Crippen LogP contribution in [0, 0.1) is 34.0 Å². The first-order chi connectivity index (χ1) is 17.6. The Morgan fingerprint density at radius 2 is 1.44 bits per heavy atom. The Morgan fingerprint density at radius 3 is 2.00 bits per heavy atom. The number of nitriles is 2. The quantitative estimate of drug-likeness (QED) is 0.398. The minimum absolute atomic E-state index is 0.348. The second-order valence-corrected chi connectivity index (χ2v) is 12.3. The molecule has 0 spiro atoms. The van der Waals surface area contributed by atoms with Crippen molar-refractivity contribution in [2.75, 3.05) is 0 Å². The Balaban J connectivity index is 1.45. The van der Waals surface area contributed by atoms with Gasteiger partial charge in [0.2, 0.25) is 0 Å². The number of rotatable bonds is 7. The summed E-state index contributed by atoms with van der Waals surface area (Å²) in [6.45, 7) is 4.63. The van der Waals surface area contributed by atoms with Crippen molar-refractivity contribution in [2.24, 2.45) is 11.3 Å². The van der Waals surface area contributed by atoms with Crippen molar-refractivity contribution in [3.8, 4) is 23.3 Å². The van der Waals surface area contributed by atoms with Crippen molar-refractivity contribution in [2.45, 2.75) is 115 Å². The van der Waals surface area contributed by atoms with Crippen molar-refractivity contribution in [1.29, 1.82) is 10.5 Å². The number of hydrogen-bond donors (Lipinski definition) is 0. The molecule has 188 valence electrons. The molecule has 0 N–H and O–H groups in total. The van der Waals surface area contributed by atoms with Crippen LogP contribution in [0.4, 0.5) is 0 Å². The molecule has 0 heterocycles. The van der Waals surface area contributed by atoms with Crippen molar-refractivity contribution < 1.29 is 0 Å². The first-order valence-electron chi connectivity index (χ1n) is 14.6. The Hall–Kier alpha value is -2.58. The summed E-state index contributed by atoms with van der Waals surface area (Å²) < 4.78 is 0. The third-order valence-electron chi connectivity index (χ3n) is 10.4. The molecule has 4 saturated carbocycles. The molecule has 6 rings (SSSR count). The van der Waals surface area contributed by atoms with Crippen LogP contribution in [0.25, 0.3) is 11.1 Å². The van der Waals surface area contributed by atoms with Gasteiger partial charge in [-0.1, -0.05) is 63.4 Å². The van der Waals surface area contributed by atoms with E-state index in [0.29, 0.717) is 27.9 Å². The molecule has 0 aromatic heterocycles. The van der Waals surface area contributed by atoms with Crippen LogP contribution in [0.3, 0.4) is 0 Å². The van der Waals surface area contributed by atoms with E-state index >= 15 is 0 Å². The van der Waals surface area contributed by atoms with Gasteiger partial charge in [-0.2, -0.15) is 10.5 Å². The van der Waals surface area contributed by atoms with E-state index in [9.17, 15) is 10.5 Å². The molecule has 2 aromatic rings. The van der Waals surface area contributed by atoms with Gasteiger partial charge in [-0.05, 0) is 116 Å². The molecule has 0 aliphatic heterocycles. The largest absolute Gasteiger partial charge is 0.192 e. The molecular weight excluding hydrogens is 436 g/mol. The maximum atomic E-state index is 10.1. The van der Waals surface area contributed by atoms with E-state index in [1.54, 1.807) is 0 Å². The summed E-state index contributed by atoms with van der Waals surface area (Å²) in [4.78, 5) is 0. The Morgan fingerprint density at radius 1 is 0.778 bits per heavy atom. The van der Waals surface area contributed by atoms with E-state index in [4.69, 9.17) is 0 Å². The third kappa shape index (κ3) is 4.50. The predicted molar refractivity (Wildman–Crippen MR) is 148 cm³/mol. The Bertz CT molecular complexity index is 1130. The van der Waals surface area contributed by atoms with Gasteiger partial charge in [0.15, 0.2) is 0 Å². The first kappa shape index (κ1) is 25.1. The second-order valence-electron chi connectivity index (χ2n) is 12.3. The van der Waals surface area contributed by atoms with E-state index in [1.807, 2.05) is 6.07 Å². The fourth-order valence-corrected chi connectivity index (χ4v) is 8.24. The summed E-state index contributed by atoms with van der Waals surface area (Å²) >= 11 is 0. The fraction of sp³-hybridized carbons (Fsp3) is 0.588. The van der Waals surface area contributed by atoms with Gasteiger partial charge >= 0.3 is 0 Å². The van der Waals surface area contributed by atoms with Gasteiger partial charge in [0.05, 0.1) is 11.1 Å². The van der Waals surface area contributed by atoms with Crippen molar-refractivity contribution in [1.82, 2.24) is 0 Å². The topological polar surface area (TPSA) is 47.6 Å². The van der Waals surface area contributed by atoms with Crippen LogP contribution in [-0.4, -0.2) is 0 Å². The SMILES string of the molecule is CCCC1CCC(c2ccc(C#N)c(C#N)c2-c2ccc(C34CCC(CCC)(CC3)CC4)cc2)CC1. The molecule has 2 nitrogen and oxygen atoms in total. The minimum Gasteiger partial charge on any atom is -0.192 e. The molecule has 4 aliphatic carbocycles. The highest BCUT2D eigenvalue weighted by atomic mass is 14.5. The number of nitrogens with zero attached hydrogens (tertiary/aromatic N) is 2. The van der Waals surface area contributed by atoms with E-state index in [0.717, 1.165) is 17.0 Å². The van der Waals surface area contributed by atoms with E-state index in [1.165, 1.54) is 101 Å². The highest BCUT2D eigenvalue weighted by Gasteiger charge is 2.48. The molecule has 4 aliphatic rings. The molecular formula is C34H42N2. The summed E-state index contributed by atoms with van der Waals surface area (Å²) in [6.07, 6.45) is 18.4. The molecule has 0 unspecified atom stereocenters. The van der Waals surface area contributed by atoms with Crippen LogP contribution in [0.1, 0.15) is 132 Å². The highest BCUT2D eigenvalue weighted by molar-refractivity contribution is 5.77. The molecule has 36 heavy (non-hydrogen) atoms. The molecule has 0 amide bonds. The summed E-state index contributed by atoms with van der Waals surface area (Å²) in [5.74, 6) is 1.33. The van der Waals surface area contributed by atoms with E-state index < -0.39 is 0 Å². The zero-order valence-electron chi connectivity index (χ0n) is 22.4. The van der Waals surface area contributed by atoms with Crippen LogP contribution < -0.4 is 0 Å². The zero-order valence-corrected chi connectivity index (χ0v) is 22.4. The minimum atomic E-state index is 0.348. The molecule has 0 atom stereocenters. The zero-order chi connectivity index (χ0) is 25.2. The summed E-state index contributed by atoms with van der Waals surface area (Å²) in [7, 11) is 0. The first-order valence-corrected chi connectivity index (χ1v) is 14.6. The molecule has 4 fully saturated rings. The normalized spacial score (nSPS) is 29.4. The van der Waals surface area contributed by atoms with Gasteiger partial charge < -0.3 is 0 Å². The van der Waals surface area contributed by atoms with Gasteiger partial charge in [0, 0.05) is 5.56 Å². The highest BCUT2D eigenvalue weighted by Crippen LogP contribution is 2.59. The van der Waals surface area contributed by atoms with Gasteiger partial charge in [-0.15, -0.1) is 0 Å². The Labute approximate surface area is 218 Å². The van der Waals surface area contributed by atoms with Crippen LogP contribution >= 0.6 is 0 Å². The van der Waals surface area contributed by atoms with Crippen LogP contribution in [0.15, 0.2) is 36.4 Å². The number of fused-ring (bicyclic) bond motifs is 3. The lowest BCUT2D eigenvalue weighted by Gasteiger charge is -2.54. The maximum absolute atomic E-state index is 10.1. The Kier molecular flexibility index (Phi) is 7.26. The maximum Gasteiger partial charge on any atom is 0.101 e. The monoisotopic (exact) mass is 478 g/mol. The van der Waals surface area contributed by atoms with Crippen LogP contribution in [-0.2, 0) is 5.41 Å². The lowest BCUT2D eigenvalue weighted by atomic mass is 9.51. The fourth-order valence-electron chi connectivity index (χ4n) is 8.24. The summed E-state index contributed by atoms with van der Waals surface area (Å²) in [5, 5.41) is 19.9. The average molecular weight is 479 g/mol. The predicted octanol–water partition coefficient (Wildman–Crippen LogP) is 9.56. The van der Waals surface area contributed by atoms with Gasteiger partial charge in [0.25, 0.3) is 0 Å². The molecule has 2 heteroatoms. The lowest BCUT2D eigenvalue weighted by Crippen LogP contribution is -2.44. The lowest BCUT2D eigenvalue weighted by molar-refractivity contribution is 0.0320. The van der Waals surface area contributed by atoms with Gasteiger partial charge in [-0.3, -0.25) is 0 Å². The van der Waals surface area contributed by atoms with Gasteiger partial charge in [0.1, 0.15) is 12.1 Å².